The fourth-order valence-corrected chi connectivity index (χ4v) is 4.00. The predicted octanol–water partition coefficient (Wildman–Crippen LogP) is 4.17. The predicted molar refractivity (Wildman–Crippen MR) is 119 cm³/mol. The lowest BCUT2D eigenvalue weighted by Crippen LogP contribution is -2.34. The molecule has 1 amide bonds. The Labute approximate surface area is 182 Å². The van der Waals surface area contributed by atoms with Crippen molar-refractivity contribution in [3.63, 3.8) is 0 Å². The normalized spacial score (nSPS) is 16.6. The fourth-order valence-electron chi connectivity index (χ4n) is 4.00. The van der Waals surface area contributed by atoms with E-state index < -0.39 is 0 Å². The smallest absolute Gasteiger partial charge is 0.259 e. The highest BCUT2D eigenvalue weighted by Gasteiger charge is 2.27. The number of hydrogen-bond donors (Lipinski definition) is 1. The standard InChI is InChI=1S/C24H27N5O2/c1-17-19(24(30)28-20-9-3-4-11-22(20)31-2)15-26-23(27-17)21-10-5-6-13-29(21)16-18-8-7-12-25-14-18/h3-4,7-9,11-12,14-15,21H,5-6,10,13,16H2,1-2H3,(H,28,30)/t21-/m1/s1. The van der Waals surface area contributed by atoms with E-state index in [0.717, 1.165) is 38.2 Å². The summed E-state index contributed by atoms with van der Waals surface area (Å²) in [5.41, 5.74) is 2.93. The first kappa shape index (κ1) is 20.9. The van der Waals surface area contributed by atoms with Crippen molar-refractivity contribution in [2.75, 3.05) is 19.0 Å². The number of aromatic nitrogens is 3. The molecule has 7 heteroatoms. The van der Waals surface area contributed by atoms with E-state index in [1.165, 1.54) is 5.56 Å². The number of hydrogen-bond acceptors (Lipinski definition) is 6. The van der Waals surface area contributed by atoms with Crippen LogP contribution in [0.3, 0.4) is 0 Å². The van der Waals surface area contributed by atoms with Gasteiger partial charge in [0.15, 0.2) is 0 Å². The van der Waals surface area contributed by atoms with Crippen molar-refractivity contribution >= 4 is 11.6 Å². The summed E-state index contributed by atoms with van der Waals surface area (Å²) >= 11 is 0. The third-order valence-electron chi connectivity index (χ3n) is 5.62. The van der Waals surface area contributed by atoms with Crippen LogP contribution in [0.2, 0.25) is 0 Å². The average Bonchev–Trinajstić information content (AvgIpc) is 2.80. The number of aryl methyl sites for hydroxylation is 1. The maximum absolute atomic E-state index is 12.8. The Hall–Kier alpha value is -3.32. The number of likely N-dealkylation sites (tertiary alicyclic amines) is 1. The summed E-state index contributed by atoms with van der Waals surface area (Å²) in [6.45, 7) is 3.67. The van der Waals surface area contributed by atoms with Gasteiger partial charge in [-0.15, -0.1) is 0 Å². The molecule has 1 N–H and O–H groups in total. The summed E-state index contributed by atoms with van der Waals surface area (Å²) in [7, 11) is 1.58. The molecule has 0 spiro atoms. The van der Waals surface area contributed by atoms with E-state index in [9.17, 15) is 4.79 Å². The van der Waals surface area contributed by atoms with E-state index in [0.29, 0.717) is 22.7 Å². The molecule has 3 aromatic rings. The molecule has 1 atom stereocenters. The molecule has 1 aliphatic rings. The van der Waals surface area contributed by atoms with Gasteiger partial charge in [0.05, 0.1) is 30.1 Å². The zero-order valence-corrected chi connectivity index (χ0v) is 17.9. The number of benzene rings is 1. The van der Waals surface area contributed by atoms with Gasteiger partial charge >= 0.3 is 0 Å². The van der Waals surface area contributed by atoms with Gasteiger partial charge < -0.3 is 10.1 Å². The van der Waals surface area contributed by atoms with E-state index in [-0.39, 0.29) is 11.9 Å². The Morgan fingerprint density at radius 3 is 2.84 bits per heavy atom. The van der Waals surface area contributed by atoms with E-state index >= 15 is 0 Å². The Morgan fingerprint density at radius 2 is 2.06 bits per heavy atom. The lowest BCUT2D eigenvalue weighted by Gasteiger charge is -2.34. The number of ether oxygens (including phenoxy) is 1. The minimum absolute atomic E-state index is 0.138. The molecule has 2 aromatic heterocycles. The molecule has 1 fully saturated rings. The van der Waals surface area contributed by atoms with Crippen LogP contribution in [0, 0.1) is 6.92 Å². The minimum atomic E-state index is -0.246. The van der Waals surface area contributed by atoms with Gasteiger partial charge in [-0.05, 0) is 50.1 Å². The van der Waals surface area contributed by atoms with Crippen molar-refractivity contribution in [2.24, 2.45) is 0 Å². The highest BCUT2D eigenvalue weighted by Crippen LogP contribution is 2.30. The first-order chi connectivity index (χ1) is 15.2. The van der Waals surface area contributed by atoms with Crippen molar-refractivity contribution in [1.82, 2.24) is 19.9 Å². The molecule has 1 aromatic carbocycles. The molecule has 0 bridgehead atoms. The van der Waals surface area contributed by atoms with Crippen LogP contribution in [0.25, 0.3) is 0 Å². The second kappa shape index (κ2) is 9.66. The largest absolute Gasteiger partial charge is 0.495 e. The van der Waals surface area contributed by atoms with Gasteiger partial charge in [-0.1, -0.05) is 24.6 Å². The highest BCUT2D eigenvalue weighted by atomic mass is 16.5. The maximum atomic E-state index is 12.8. The molecule has 0 saturated carbocycles. The molecule has 0 unspecified atom stereocenters. The summed E-state index contributed by atoms with van der Waals surface area (Å²) < 4.78 is 5.32. The van der Waals surface area contributed by atoms with Crippen LogP contribution in [-0.2, 0) is 6.54 Å². The number of pyridine rings is 1. The van der Waals surface area contributed by atoms with Crippen LogP contribution < -0.4 is 10.1 Å². The highest BCUT2D eigenvalue weighted by molar-refractivity contribution is 6.05. The minimum Gasteiger partial charge on any atom is -0.495 e. The maximum Gasteiger partial charge on any atom is 0.259 e. The van der Waals surface area contributed by atoms with Crippen molar-refractivity contribution < 1.29 is 9.53 Å². The van der Waals surface area contributed by atoms with Gasteiger partial charge in [-0.3, -0.25) is 14.7 Å². The van der Waals surface area contributed by atoms with Gasteiger partial charge in [-0.25, -0.2) is 9.97 Å². The number of carbonyl (C=O) groups is 1. The Kier molecular flexibility index (Phi) is 6.52. The van der Waals surface area contributed by atoms with Crippen LogP contribution in [0.15, 0.2) is 55.0 Å². The summed E-state index contributed by atoms with van der Waals surface area (Å²) in [5.74, 6) is 1.14. The summed E-state index contributed by atoms with van der Waals surface area (Å²) in [6.07, 6.45) is 8.65. The van der Waals surface area contributed by atoms with Crippen LogP contribution in [0.1, 0.15) is 52.7 Å². The molecule has 1 saturated heterocycles. The third-order valence-corrected chi connectivity index (χ3v) is 5.62. The number of carbonyl (C=O) groups excluding carboxylic acids is 1. The first-order valence-electron chi connectivity index (χ1n) is 10.6. The molecule has 7 nitrogen and oxygen atoms in total. The second-order valence-corrected chi connectivity index (χ2v) is 7.73. The molecule has 160 valence electrons. The van der Waals surface area contributed by atoms with Gasteiger partial charge in [0.2, 0.25) is 0 Å². The number of piperidine rings is 1. The van der Waals surface area contributed by atoms with Crippen molar-refractivity contribution in [3.05, 3.63) is 77.6 Å². The number of nitrogens with one attached hydrogen (secondary N) is 1. The van der Waals surface area contributed by atoms with Crippen LogP contribution >= 0.6 is 0 Å². The summed E-state index contributed by atoms with van der Waals surface area (Å²) in [5, 5.41) is 2.90. The molecule has 3 heterocycles. The number of nitrogens with zero attached hydrogens (tertiary/aromatic N) is 4. The molecular weight excluding hydrogens is 390 g/mol. The van der Waals surface area contributed by atoms with Crippen LogP contribution in [-0.4, -0.2) is 39.4 Å². The Morgan fingerprint density at radius 1 is 1.19 bits per heavy atom. The SMILES string of the molecule is COc1ccccc1NC(=O)c1cnc([C@H]2CCCCN2Cc2cccnc2)nc1C. The molecule has 1 aliphatic heterocycles. The lowest BCUT2D eigenvalue weighted by atomic mass is 10.0. The topological polar surface area (TPSA) is 80.2 Å². The van der Waals surface area contributed by atoms with E-state index in [1.807, 2.05) is 37.4 Å². The molecular formula is C24H27N5O2. The third kappa shape index (κ3) is 4.88. The van der Waals surface area contributed by atoms with Gasteiger partial charge in [-0.2, -0.15) is 0 Å². The van der Waals surface area contributed by atoms with Crippen molar-refractivity contribution in [2.45, 2.75) is 38.8 Å². The fraction of sp³-hybridized carbons (Fsp3) is 0.333. The van der Waals surface area contributed by atoms with Crippen LogP contribution in [0.5, 0.6) is 5.75 Å². The zero-order valence-electron chi connectivity index (χ0n) is 17.9. The first-order valence-corrected chi connectivity index (χ1v) is 10.6. The number of para-hydroxylation sites is 2. The van der Waals surface area contributed by atoms with E-state index in [4.69, 9.17) is 9.72 Å². The Balaban J connectivity index is 1.52. The molecule has 31 heavy (non-hydrogen) atoms. The van der Waals surface area contributed by atoms with Gasteiger partial charge in [0, 0.05) is 25.1 Å². The Bertz CT molecular complexity index is 1040. The quantitative estimate of drug-likeness (QED) is 0.648. The van der Waals surface area contributed by atoms with E-state index in [1.54, 1.807) is 25.6 Å². The van der Waals surface area contributed by atoms with Crippen LogP contribution in [0.4, 0.5) is 5.69 Å². The number of rotatable bonds is 6. The van der Waals surface area contributed by atoms with Crippen molar-refractivity contribution in [3.8, 4) is 5.75 Å². The monoisotopic (exact) mass is 417 g/mol. The molecule has 0 aliphatic carbocycles. The van der Waals surface area contributed by atoms with Gasteiger partial charge in [0.25, 0.3) is 5.91 Å². The number of amides is 1. The van der Waals surface area contributed by atoms with Gasteiger partial charge in [0.1, 0.15) is 11.6 Å². The number of methoxy groups -OCH3 is 1. The zero-order chi connectivity index (χ0) is 21.6. The second-order valence-electron chi connectivity index (χ2n) is 7.73. The average molecular weight is 418 g/mol. The molecule has 4 rings (SSSR count). The lowest BCUT2D eigenvalue weighted by molar-refractivity contribution is 0.102. The summed E-state index contributed by atoms with van der Waals surface area (Å²) in [6, 6.07) is 11.5. The van der Waals surface area contributed by atoms with Crippen molar-refractivity contribution in [1.29, 1.82) is 0 Å². The molecule has 0 radical (unpaired) electrons. The summed E-state index contributed by atoms with van der Waals surface area (Å²) in [4.78, 5) is 28.8. The van der Waals surface area contributed by atoms with E-state index in [2.05, 4.69) is 26.3 Å². The number of anilines is 1.